The fourth-order valence-electron chi connectivity index (χ4n) is 4.25. The molecule has 1 unspecified atom stereocenters. The fourth-order valence-corrected chi connectivity index (χ4v) is 4.25. The Labute approximate surface area is 220 Å². The lowest BCUT2D eigenvalue weighted by Crippen LogP contribution is -2.43. The quantitative estimate of drug-likeness (QED) is 0.304. The number of piperazine rings is 1. The van der Waals surface area contributed by atoms with Crippen LogP contribution in [0.5, 0.6) is 0 Å². The van der Waals surface area contributed by atoms with Gasteiger partial charge in [0.05, 0.1) is 29.2 Å². The van der Waals surface area contributed by atoms with E-state index < -0.39 is 18.2 Å². The van der Waals surface area contributed by atoms with Crippen molar-refractivity contribution in [3.8, 4) is 0 Å². The van der Waals surface area contributed by atoms with Crippen molar-refractivity contribution in [1.29, 1.82) is 0 Å². The Morgan fingerprint density at radius 2 is 1.85 bits per heavy atom. The Balaban J connectivity index is 0.000000448. The zero-order valence-corrected chi connectivity index (χ0v) is 21.0. The van der Waals surface area contributed by atoms with Crippen LogP contribution in [0.4, 0.5) is 24.5 Å². The summed E-state index contributed by atoms with van der Waals surface area (Å²) in [5, 5.41) is 32.9. The van der Waals surface area contributed by atoms with Gasteiger partial charge in [0, 0.05) is 55.2 Å². The number of carboxylic acid groups (broad SMARTS) is 1. The number of imidazole rings is 1. The third-order valence-electron chi connectivity index (χ3n) is 6.01. The number of aromatic nitrogens is 4. The molecule has 0 bridgehead atoms. The Morgan fingerprint density at radius 3 is 2.49 bits per heavy atom. The molecule has 11 nitrogen and oxygen atoms in total. The van der Waals surface area contributed by atoms with Gasteiger partial charge in [0.25, 0.3) is 5.91 Å². The summed E-state index contributed by atoms with van der Waals surface area (Å²) < 4.78 is 33.6. The number of aliphatic carboxylic acids is 1. The number of anilines is 2. The van der Waals surface area contributed by atoms with E-state index in [0.29, 0.717) is 28.0 Å². The minimum absolute atomic E-state index is 0.282. The Hall–Kier alpha value is -4.30. The maximum atomic E-state index is 13.2. The maximum absolute atomic E-state index is 13.2. The van der Waals surface area contributed by atoms with Crippen LogP contribution in [0.3, 0.4) is 0 Å². The lowest BCUT2D eigenvalue weighted by molar-refractivity contribution is -0.192. The number of rotatable bonds is 4. The van der Waals surface area contributed by atoms with Gasteiger partial charge >= 0.3 is 12.1 Å². The molecule has 0 saturated carbocycles. The van der Waals surface area contributed by atoms with E-state index in [4.69, 9.17) is 9.90 Å². The Bertz CT molecular complexity index is 1520. The van der Waals surface area contributed by atoms with E-state index in [1.54, 1.807) is 31.5 Å². The summed E-state index contributed by atoms with van der Waals surface area (Å²) in [7, 11) is 0. The molecule has 0 aliphatic carbocycles. The molecular weight excluding hydrogens is 519 g/mol. The third-order valence-corrected chi connectivity index (χ3v) is 6.01. The molecular formula is C25H26F3N7O4. The minimum Gasteiger partial charge on any atom is -0.475 e. The van der Waals surface area contributed by atoms with Gasteiger partial charge in [0.1, 0.15) is 11.2 Å². The van der Waals surface area contributed by atoms with Gasteiger partial charge in [-0.3, -0.25) is 4.79 Å². The van der Waals surface area contributed by atoms with Crippen LogP contribution in [-0.2, 0) is 4.79 Å². The highest BCUT2D eigenvalue weighted by atomic mass is 19.4. The van der Waals surface area contributed by atoms with E-state index in [1.807, 2.05) is 29.7 Å². The number of aryl methyl sites for hydroxylation is 1. The number of carboxylic acids is 1. The van der Waals surface area contributed by atoms with Crippen LogP contribution >= 0.6 is 0 Å². The van der Waals surface area contributed by atoms with Crippen LogP contribution in [0.1, 0.15) is 34.6 Å². The van der Waals surface area contributed by atoms with Gasteiger partial charge in [-0.1, -0.05) is 0 Å². The fraction of sp³-hybridized carbons (Fsp3) is 0.320. The first kappa shape index (κ1) is 27.7. The predicted molar refractivity (Wildman–Crippen MR) is 137 cm³/mol. The number of nitrogens with one attached hydrogen (secondary N) is 2. The standard InChI is InChI=1S/C23H25N7O2.C2HF3O2/c1-14-12-30-13-16(11-19(15(2)31)22(30)26-14)27-23(32)18-3-4-20(29-9-7-24-8-10-29)17-5-6-25-28-21(17)18;3-2(4,5)1(6)7/h3-6,11-13,15,24,31H,7-10H2,1-2H3,(H,27,32);(H,6,7). The number of carbonyl (C=O) groups excluding carboxylic acids is 1. The number of halogens is 3. The number of benzene rings is 1. The molecule has 1 amide bonds. The van der Waals surface area contributed by atoms with Gasteiger partial charge in [-0.25, -0.2) is 9.78 Å². The molecule has 3 aromatic heterocycles. The number of fused-ring (bicyclic) bond motifs is 2. The molecule has 4 aromatic rings. The van der Waals surface area contributed by atoms with E-state index >= 15 is 0 Å². The van der Waals surface area contributed by atoms with Crippen molar-refractivity contribution < 1.29 is 33.0 Å². The number of amides is 1. The molecule has 206 valence electrons. The molecule has 5 rings (SSSR count). The topological polar surface area (TPSA) is 145 Å². The lowest BCUT2D eigenvalue weighted by atomic mass is 10.1. The van der Waals surface area contributed by atoms with Gasteiger partial charge in [-0.15, -0.1) is 5.10 Å². The number of carbonyl (C=O) groups is 2. The van der Waals surface area contributed by atoms with Crippen molar-refractivity contribution >= 4 is 39.8 Å². The third kappa shape index (κ3) is 6.23. The van der Waals surface area contributed by atoms with Crippen molar-refractivity contribution in [3.63, 3.8) is 0 Å². The molecule has 4 N–H and O–H groups in total. The molecule has 0 radical (unpaired) electrons. The molecule has 1 saturated heterocycles. The summed E-state index contributed by atoms with van der Waals surface area (Å²) in [5.74, 6) is -3.04. The smallest absolute Gasteiger partial charge is 0.475 e. The van der Waals surface area contributed by atoms with E-state index in [0.717, 1.165) is 42.9 Å². The number of hydrogen-bond acceptors (Lipinski definition) is 8. The normalized spacial score (nSPS) is 14.6. The van der Waals surface area contributed by atoms with Gasteiger partial charge in [-0.05, 0) is 38.1 Å². The number of nitrogens with zero attached hydrogens (tertiary/aromatic N) is 5. The number of hydrogen-bond donors (Lipinski definition) is 4. The molecule has 0 spiro atoms. The molecule has 1 atom stereocenters. The van der Waals surface area contributed by atoms with Gasteiger partial charge < -0.3 is 30.1 Å². The molecule has 1 aliphatic heterocycles. The Morgan fingerprint density at radius 1 is 1.15 bits per heavy atom. The summed E-state index contributed by atoms with van der Waals surface area (Å²) in [6.07, 6.45) is -0.497. The zero-order valence-electron chi connectivity index (χ0n) is 21.0. The van der Waals surface area contributed by atoms with Crippen molar-refractivity contribution in [2.24, 2.45) is 0 Å². The van der Waals surface area contributed by atoms with E-state index in [9.17, 15) is 23.1 Å². The van der Waals surface area contributed by atoms with Gasteiger partial charge in [0.2, 0.25) is 0 Å². The first-order valence-electron chi connectivity index (χ1n) is 11.9. The van der Waals surface area contributed by atoms with Crippen LogP contribution in [0, 0.1) is 6.92 Å². The minimum atomic E-state index is -5.08. The summed E-state index contributed by atoms with van der Waals surface area (Å²) in [6.45, 7) is 7.21. The largest absolute Gasteiger partial charge is 0.490 e. The van der Waals surface area contributed by atoms with Crippen LogP contribution < -0.4 is 15.5 Å². The van der Waals surface area contributed by atoms with Crippen molar-refractivity contribution in [3.05, 3.63) is 59.7 Å². The van der Waals surface area contributed by atoms with E-state index in [-0.39, 0.29) is 5.91 Å². The van der Waals surface area contributed by atoms with Crippen LogP contribution in [-0.4, -0.2) is 74.0 Å². The highest BCUT2D eigenvalue weighted by Crippen LogP contribution is 2.29. The summed E-state index contributed by atoms with van der Waals surface area (Å²) in [6, 6.07) is 7.45. The summed E-state index contributed by atoms with van der Waals surface area (Å²) >= 11 is 0. The number of aliphatic hydroxyl groups is 1. The van der Waals surface area contributed by atoms with Crippen molar-refractivity contribution in [2.45, 2.75) is 26.1 Å². The zero-order chi connectivity index (χ0) is 28.3. The second-order valence-electron chi connectivity index (χ2n) is 8.89. The Kier molecular flexibility index (Phi) is 7.97. The number of alkyl halides is 3. The second kappa shape index (κ2) is 11.2. The molecule has 14 heteroatoms. The molecule has 4 heterocycles. The van der Waals surface area contributed by atoms with Crippen LogP contribution in [0.2, 0.25) is 0 Å². The van der Waals surface area contributed by atoms with Crippen molar-refractivity contribution in [1.82, 2.24) is 24.9 Å². The lowest BCUT2D eigenvalue weighted by Gasteiger charge is -2.30. The summed E-state index contributed by atoms with van der Waals surface area (Å²) in [5.41, 5.74) is 4.80. The van der Waals surface area contributed by atoms with Gasteiger partial charge in [-0.2, -0.15) is 18.3 Å². The van der Waals surface area contributed by atoms with E-state index in [1.165, 1.54) is 0 Å². The molecule has 1 aliphatic rings. The summed E-state index contributed by atoms with van der Waals surface area (Å²) in [4.78, 5) is 28.9. The molecule has 1 aromatic carbocycles. The second-order valence-corrected chi connectivity index (χ2v) is 8.89. The van der Waals surface area contributed by atoms with Crippen LogP contribution in [0.15, 0.2) is 42.9 Å². The highest BCUT2D eigenvalue weighted by Gasteiger charge is 2.38. The number of aliphatic hydroxyl groups excluding tert-OH is 1. The maximum Gasteiger partial charge on any atom is 0.490 e. The predicted octanol–water partition coefficient (Wildman–Crippen LogP) is 2.93. The average Bonchev–Trinajstić information content (AvgIpc) is 3.27. The van der Waals surface area contributed by atoms with Gasteiger partial charge in [0.15, 0.2) is 0 Å². The van der Waals surface area contributed by atoms with E-state index in [2.05, 4.69) is 30.7 Å². The highest BCUT2D eigenvalue weighted by molar-refractivity contribution is 6.13. The first-order valence-corrected chi connectivity index (χ1v) is 11.9. The first-order chi connectivity index (χ1) is 18.5. The molecule has 39 heavy (non-hydrogen) atoms. The van der Waals surface area contributed by atoms with Crippen molar-refractivity contribution in [2.75, 3.05) is 36.4 Å². The average molecular weight is 546 g/mol. The monoisotopic (exact) mass is 545 g/mol. The molecule has 1 fully saturated rings. The number of pyridine rings is 1. The van der Waals surface area contributed by atoms with Crippen LogP contribution in [0.25, 0.3) is 16.6 Å². The SMILES string of the molecule is Cc1cn2cc(NC(=O)c3ccc(N4CCNCC4)c4ccnnc34)cc(C(C)O)c2n1.O=C(O)C(F)(F)F.